The van der Waals surface area contributed by atoms with Gasteiger partial charge in [0.25, 0.3) is 0 Å². The van der Waals surface area contributed by atoms with Crippen molar-refractivity contribution in [3.05, 3.63) is 44.3 Å². The van der Waals surface area contributed by atoms with Crippen molar-refractivity contribution in [2.75, 3.05) is 0 Å². The monoisotopic (exact) mass is 328 g/mol. The maximum absolute atomic E-state index is 3.95. The molecule has 0 radical (unpaired) electrons. The van der Waals surface area contributed by atoms with E-state index in [2.05, 4.69) is 16.0 Å². The summed E-state index contributed by atoms with van der Waals surface area (Å²) in [5, 5.41) is 2.09. The summed E-state index contributed by atoms with van der Waals surface area (Å²) in [5.41, 5.74) is 0. The molecule has 12 heavy (non-hydrogen) atoms. The van der Waals surface area contributed by atoms with Gasteiger partial charge in [0.05, 0.1) is 0 Å². The van der Waals surface area contributed by atoms with Crippen molar-refractivity contribution < 1.29 is 21.1 Å². The Kier molecular flexibility index (Phi) is 4.68. The maximum atomic E-state index is 3.95. The van der Waals surface area contributed by atoms with Crippen molar-refractivity contribution in [3.63, 3.8) is 0 Å². The largest absolute Gasteiger partial charge is 2.00 e. The molecule has 0 fully saturated rings. The second kappa shape index (κ2) is 4.99. The summed E-state index contributed by atoms with van der Waals surface area (Å²) in [5.74, 6) is 0. The fourth-order valence-corrected chi connectivity index (χ4v) is 0.865. The topological polar surface area (TPSA) is 25.8 Å². The molecule has 2 rings (SSSR count). The molecule has 0 atom stereocenters. The number of fused-ring (bicyclic) bond motifs is 1. The van der Waals surface area contributed by atoms with Crippen LogP contribution < -0.4 is 0 Å². The van der Waals surface area contributed by atoms with Crippen LogP contribution in [0.5, 0.6) is 0 Å². The Balaban J connectivity index is 0.000000605. The van der Waals surface area contributed by atoms with Crippen molar-refractivity contribution in [2.24, 2.45) is 0 Å². The summed E-state index contributed by atoms with van der Waals surface area (Å²) in [4.78, 5) is 7.87. The van der Waals surface area contributed by atoms with Crippen LogP contribution in [0.4, 0.5) is 0 Å². The van der Waals surface area contributed by atoms with Crippen LogP contribution >= 0.6 is 0 Å². The first kappa shape index (κ1) is 11.2. The van der Waals surface area contributed by atoms with Gasteiger partial charge in [-0.15, -0.1) is 6.07 Å². The molecular weight excluding hydrogens is 320 g/mol. The molecule has 0 saturated heterocycles. The van der Waals surface area contributed by atoms with Gasteiger partial charge in [0.2, 0.25) is 0 Å². The van der Waals surface area contributed by atoms with Gasteiger partial charge in [0, 0.05) is 0 Å². The summed E-state index contributed by atoms with van der Waals surface area (Å²) < 4.78 is 0. The Morgan fingerprint density at radius 1 is 1.17 bits per heavy atom. The van der Waals surface area contributed by atoms with Crippen molar-refractivity contribution in [1.29, 1.82) is 0 Å². The third kappa shape index (κ3) is 2.11. The molecule has 0 N–H and O–H groups in total. The zero-order valence-corrected chi connectivity index (χ0v) is 9.62. The molecule has 2 aromatic heterocycles. The summed E-state index contributed by atoms with van der Waals surface area (Å²) in [6.07, 6.45) is 6.96. The zero-order valence-electron chi connectivity index (χ0n) is 6.69. The molecule has 2 aromatic rings. The van der Waals surface area contributed by atoms with Gasteiger partial charge in [0.1, 0.15) is 0 Å². The number of rotatable bonds is 0. The van der Waals surface area contributed by atoms with Crippen LogP contribution in [0.1, 0.15) is 0 Å². The number of pyridine rings is 2. The van der Waals surface area contributed by atoms with Crippen LogP contribution in [0.25, 0.3) is 10.8 Å². The molecule has 0 aliphatic rings. The Bertz CT molecular complexity index is 284. The van der Waals surface area contributed by atoms with Crippen LogP contribution in [0.3, 0.4) is 0 Å². The second-order valence-electron chi connectivity index (χ2n) is 2.01. The smallest absolute Gasteiger partial charge is 0.358 e. The van der Waals surface area contributed by atoms with Crippen molar-refractivity contribution in [1.82, 2.24) is 9.97 Å². The van der Waals surface area contributed by atoms with E-state index >= 15 is 0 Å². The minimum absolute atomic E-state index is 0. The number of nitrogens with zero attached hydrogens (tertiary/aromatic N) is 2. The fraction of sp³-hybridized carbons (Fsp3) is 0. The summed E-state index contributed by atoms with van der Waals surface area (Å²) in [6.45, 7) is 0. The van der Waals surface area contributed by atoms with E-state index in [0.29, 0.717) is 0 Å². The molecule has 0 bridgehead atoms. The molecule has 0 aliphatic carbocycles. The average molecular weight is 328 g/mol. The maximum Gasteiger partial charge on any atom is 2.00 e. The fourth-order valence-electron chi connectivity index (χ4n) is 0.865. The zero-order chi connectivity index (χ0) is 6.81. The second-order valence-corrected chi connectivity index (χ2v) is 2.01. The number of aromatic nitrogens is 2. The molecule has 0 amide bonds. The van der Waals surface area contributed by atoms with Crippen LogP contribution in [0.2, 0.25) is 0 Å². The number of hydrogen-bond acceptors (Lipinski definition) is 2. The first-order chi connectivity index (χ1) is 4.97. The van der Waals surface area contributed by atoms with E-state index in [4.69, 9.17) is 0 Å². The molecule has 0 aliphatic heterocycles. The van der Waals surface area contributed by atoms with Gasteiger partial charge in [-0.25, -0.2) is 0 Å². The number of hydrogen-bond donors (Lipinski definition) is 0. The van der Waals surface area contributed by atoms with E-state index in [0.717, 1.165) is 10.8 Å². The minimum atomic E-state index is 0. The molecule has 3 heteroatoms. The Morgan fingerprint density at radius 3 is 2.67 bits per heavy atom. The van der Waals surface area contributed by atoms with Gasteiger partial charge in [-0.2, -0.15) is 11.5 Å². The van der Waals surface area contributed by atoms with Crippen LogP contribution in [-0.4, -0.2) is 9.97 Å². The first-order valence-corrected chi connectivity index (χ1v) is 3.02. The third-order valence-corrected chi connectivity index (χ3v) is 1.36. The quantitative estimate of drug-likeness (QED) is 0.690. The molecule has 0 aromatic carbocycles. The van der Waals surface area contributed by atoms with Crippen LogP contribution in [-0.2, 0) is 21.1 Å². The summed E-state index contributed by atoms with van der Waals surface area (Å²) >= 11 is 0. The third-order valence-electron chi connectivity index (χ3n) is 1.36. The molecule has 2 nitrogen and oxygen atoms in total. The Morgan fingerprint density at radius 2 is 1.92 bits per heavy atom. The van der Waals surface area contributed by atoms with E-state index in [-0.39, 0.29) is 28.5 Å². The summed E-state index contributed by atoms with van der Waals surface area (Å²) in [6, 6.07) is 4.91. The van der Waals surface area contributed by atoms with Crippen molar-refractivity contribution in [3.8, 4) is 0 Å². The van der Waals surface area contributed by atoms with Gasteiger partial charge < -0.3 is 7.43 Å². The standard InChI is InChI=1S/C8H5N2.CH3.W/c1-3-9-5-8-6-10-4-2-7(1)8;;/h1,3-6H;1H3;/q2*-1;+2. The molecule has 0 spiro atoms. The molecule has 2 heterocycles. The van der Waals surface area contributed by atoms with Gasteiger partial charge >= 0.3 is 21.1 Å². The van der Waals surface area contributed by atoms with E-state index in [1.807, 2.05) is 6.07 Å². The predicted molar refractivity (Wildman–Crippen MR) is 44.8 cm³/mol. The molecule has 0 saturated carbocycles. The predicted octanol–water partition coefficient (Wildman–Crippen LogP) is 1.88. The normalized spacial score (nSPS) is 8.33. The van der Waals surface area contributed by atoms with Crippen molar-refractivity contribution in [2.45, 2.75) is 0 Å². The Labute approximate surface area is 86.3 Å². The van der Waals surface area contributed by atoms with Gasteiger partial charge in [-0.3, -0.25) is 9.97 Å². The van der Waals surface area contributed by atoms with Gasteiger partial charge in [0.15, 0.2) is 0 Å². The van der Waals surface area contributed by atoms with E-state index in [1.165, 1.54) is 0 Å². The SMILES string of the molecule is [CH3-].[W+2].[c-]1cncc2cnccc12. The van der Waals surface area contributed by atoms with Crippen LogP contribution in [0, 0.1) is 13.5 Å². The molecule has 0 unspecified atom stereocenters. The first-order valence-electron chi connectivity index (χ1n) is 3.02. The minimum Gasteiger partial charge on any atom is -0.358 e. The van der Waals surface area contributed by atoms with Gasteiger partial charge in [-0.1, -0.05) is 5.39 Å². The van der Waals surface area contributed by atoms with Gasteiger partial charge in [-0.05, 0) is 24.8 Å². The van der Waals surface area contributed by atoms with Crippen molar-refractivity contribution >= 4 is 10.8 Å². The van der Waals surface area contributed by atoms with Crippen LogP contribution in [0.15, 0.2) is 30.9 Å². The van der Waals surface area contributed by atoms with E-state index < -0.39 is 0 Å². The molecule has 60 valence electrons. The Hall–Kier alpha value is -0.752. The van der Waals surface area contributed by atoms with E-state index in [1.54, 1.807) is 24.8 Å². The van der Waals surface area contributed by atoms with E-state index in [9.17, 15) is 0 Å². The summed E-state index contributed by atoms with van der Waals surface area (Å²) in [7, 11) is 0. The average Bonchev–Trinajstić information content (AvgIpc) is 2.05. The molecular formula is C9H8N2W.